The molecule has 0 aromatic heterocycles. The lowest BCUT2D eigenvalue weighted by molar-refractivity contribution is -0.224. The van der Waals surface area contributed by atoms with Crippen molar-refractivity contribution in [1.29, 1.82) is 0 Å². The summed E-state index contributed by atoms with van der Waals surface area (Å²) in [6.45, 7) is 0.315. The number of benzene rings is 1. The van der Waals surface area contributed by atoms with Crippen LogP contribution in [0.25, 0.3) is 0 Å². The lowest BCUT2D eigenvalue weighted by atomic mass is 10.1. The molecule has 2 atom stereocenters. The van der Waals surface area contributed by atoms with Crippen molar-refractivity contribution in [3.05, 3.63) is 35.6 Å². The molecular formula is C11H10F4O2. The summed E-state index contributed by atoms with van der Waals surface area (Å²) in [4.78, 5) is 0. The van der Waals surface area contributed by atoms with E-state index in [1.807, 2.05) is 0 Å². The van der Waals surface area contributed by atoms with Gasteiger partial charge < -0.3 is 9.47 Å². The molecule has 0 saturated carbocycles. The predicted octanol–water partition coefficient (Wildman–Crippen LogP) is 2.84. The molecule has 0 spiro atoms. The zero-order chi connectivity index (χ0) is 12.5. The Hall–Kier alpha value is -1.14. The number of ether oxygens (including phenoxy) is 2. The summed E-state index contributed by atoms with van der Waals surface area (Å²) < 4.78 is 60.3. The standard InChI is InChI=1S/C11H10F4O2/c12-8-3-1-7(2-4-8)10(11(13,14)15)17-6-9-5-16-9/h1-4,9-10H,5-6H2/t9-,10+/m0/s1. The van der Waals surface area contributed by atoms with Gasteiger partial charge in [-0.15, -0.1) is 0 Å². The Morgan fingerprint density at radius 1 is 1.29 bits per heavy atom. The van der Waals surface area contributed by atoms with E-state index in [-0.39, 0.29) is 18.3 Å². The molecular weight excluding hydrogens is 240 g/mol. The van der Waals surface area contributed by atoms with Gasteiger partial charge in [-0.25, -0.2) is 4.39 Å². The van der Waals surface area contributed by atoms with Gasteiger partial charge in [0.2, 0.25) is 0 Å². The Balaban J connectivity index is 2.10. The summed E-state index contributed by atoms with van der Waals surface area (Å²) in [6.07, 6.45) is -6.81. The Kier molecular flexibility index (Phi) is 3.35. The number of halogens is 4. The molecule has 94 valence electrons. The summed E-state index contributed by atoms with van der Waals surface area (Å²) in [6, 6.07) is 4.10. The van der Waals surface area contributed by atoms with Crippen LogP contribution in [0.15, 0.2) is 24.3 Å². The summed E-state index contributed by atoms with van der Waals surface area (Å²) in [5.41, 5.74) is -0.112. The van der Waals surface area contributed by atoms with Crippen LogP contribution in [0.1, 0.15) is 11.7 Å². The highest BCUT2D eigenvalue weighted by Gasteiger charge is 2.42. The van der Waals surface area contributed by atoms with Crippen molar-refractivity contribution in [2.45, 2.75) is 18.4 Å². The summed E-state index contributed by atoms with van der Waals surface area (Å²) >= 11 is 0. The zero-order valence-electron chi connectivity index (χ0n) is 8.71. The van der Waals surface area contributed by atoms with Gasteiger partial charge in [0.05, 0.1) is 13.2 Å². The van der Waals surface area contributed by atoms with Gasteiger partial charge in [-0.05, 0) is 17.7 Å². The molecule has 1 aromatic carbocycles. The molecule has 1 fully saturated rings. The summed E-state index contributed by atoms with van der Waals surface area (Å²) in [7, 11) is 0. The first-order valence-corrected chi connectivity index (χ1v) is 5.02. The van der Waals surface area contributed by atoms with Crippen LogP contribution >= 0.6 is 0 Å². The molecule has 0 unspecified atom stereocenters. The maximum Gasteiger partial charge on any atom is 0.418 e. The molecule has 1 aliphatic rings. The van der Waals surface area contributed by atoms with Gasteiger partial charge in [0.25, 0.3) is 0 Å². The first-order chi connectivity index (χ1) is 7.97. The van der Waals surface area contributed by atoms with Crippen molar-refractivity contribution in [2.75, 3.05) is 13.2 Å². The second-order valence-electron chi connectivity index (χ2n) is 3.76. The third-order valence-electron chi connectivity index (χ3n) is 2.32. The molecule has 0 bridgehead atoms. The molecule has 0 amide bonds. The highest BCUT2D eigenvalue weighted by atomic mass is 19.4. The minimum atomic E-state index is -4.52. The van der Waals surface area contributed by atoms with Crippen molar-refractivity contribution in [3.8, 4) is 0 Å². The maximum absolute atomic E-state index is 12.7. The van der Waals surface area contributed by atoms with Gasteiger partial charge in [-0.3, -0.25) is 0 Å². The van der Waals surface area contributed by atoms with Gasteiger partial charge in [0, 0.05) is 0 Å². The van der Waals surface area contributed by atoms with E-state index in [0.29, 0.717) is 6.61 Å². The van der Waals surface area contributed by atoms with Crippen LogP contribution in [0.2, 0.25) is 0 Å². The Bertz CT molecular complexity index is 370. The fourth-order valence-corrected chi connectivity index (χ4v) is 1.39. The molecule has 2 rings (SSSR count). The normalized spacial score (nSPS) is 21.3. The monoisotopic (exact) mass is 250 g/mol. The van der Waals surface area contributed by atoms with Crippen LogP contribution < -0.4 is 0 Å². The molecule has 17 heavy (non-hydrogen) atoms. The average Bonchev–Trinajstić information content (AvgIpc) is 3.03. The summed E-state index contributed by atoms with van der Waals surface area (Å²) in [5, 5.41) is 0. The third-order valence-corrected chi connectivity index (χ3v) is 2.32. The van der Waals surface area contributed by atoms with E-state index in [9.17, 15) is 17.6 Å². The van der Waals surface area contributed by atoms with Crippen LogP contribution in [0.5, 0.6) is 0 Å². The van der Waals surface area contributed by atoms with Crippen molar-refractivity contribution >= 4 is 0 Å². The minimum absolute atomic E-state index is 0.110. The molecule has 2 nitrogen and oxygen atoms in total. The Morgan fingerprint density at radius 2 is 1.88 bits per heavy atom. The van der Waals surface area contributed by atoms with E-state index >= 15 is 0 Å². The predicted molar refractivity (Wildman–Crippen MR) is 50.9 cm³/mol. The lowest BCUT2D eigenvalue weighted by Crippen LogP contribution is -2.25. The maximum atomic E-state index is 12.7. The lowest BCUT2D eigenvalue weighted by Gasteiger charge is -2.20. The molecule has 0 radical (unpaired) electrons. The highest BCUT2D eigenvalue weighted by molar-refractivity contribution is 5.20. The van der Waals surface area contributed by atoms with E-state index < -0.39 is 18.1 Å². The fourth-order valence-electron chi connectivity index (χ4n) is 1.39. The smallest absolute Gasteiger partial charge is 0.371 e. The Morgan fingerprint density at radius 3 is 2.35 bits per heavy atom. The number of hydrogen-bond acceptors (Lipinski definition) is 2. The van der Waals surface area contributed by atoms with Crippen molar-refractivity contribution in [1.82, 2.24) is 0 Å². The van der Waals surface area contributed by atoms with Gasteiger partial charge >= 0.3 is 6.18 Å². The SMILES string of the molecule is Fc1ccc([C@@H](OC[C@@H]2CO2)C(F)(F)F)cc1. The molecule has 0 N–H and O–H groups in total. The van der Waals surface area contributed by atoms with Crippen molar-refractivity contribution in [3.63, 3.8) is 0 Å². The largest absolute Gasteiger partial charge is 0.418 e. The molecule has 1 heterocycles. The van der Waals surface area contributed by atoms with Crippen LogP contribution in [-0.4, -0.2) is 25.5 Å². The number of hydrogen-bond donors (Lipinski definition) is 0. The van der Waals surface area contributed by atoms with Crippen LogP contribution in [0.3, 0.4) is 0 Å². The average molecular weight is 250 g/mol. The zero-order valence-corrected chi connectivity index (χ0v) is 8.71. The molecule has 1 saturated heterocycles. The topological polar surface area (TPSA) is 21.8 Å². The van der Waals surface area contributed by atoms with E-state index in [2.05, 4.69) is 0 Å². The minimum Gasteiger partial charge on any atom is -0.371 e. The molecule has 6 heteroatoms. The molecule has 1 aliphatic heterocycles. The molecule has 1 aromatic rings. The number of rotatable bonds is 4. The summed E-state index contributed by atoms with van der Waals surface area (Å²) in [5.74, 6) is -0.583. The highest BCUT2D eigenvalue weighted by Crippen LogP contribution is 2.36. The van der Waals surface area contributed by atoms with Gasteiger partial charge in [0.15, 0.2) is 6.10 Å². The first-order valence-electron chi connectivity index (χ1n) is 5.02. The van der Waals surface area contributed by atoms with Gasteiger partial charge in [-0.1, -0.05) is 12.1 Å². The van der Waals surface area contributed by atoms with Crippen molar-refractivity contribution in [2.24, 2.45) is 0 Å². The third kappa shape index (κ3) is 3.41. The fraction of sp³-hybridized carbons (Fsp3) is 0.455. The van der Waals surface area contributed by atoms with Crippen molar-refractivity contribution < 1.29 is 27.0 Å². The van der Waals surface area contributed by atoms with Gasteiger partial charge in [0.1, 0.15) is 11.9 Å². The van der Waals surface area contributed by atoms with E-state index in [1.54, 1.807) is 0 Å². The first kappa shape index (κ1) is 12.3. The Labute approximate surface area is 95.1 Å². The van der Waals surface area contributed by atoms with E-state index in [4.69, 9.17) is 9.47 Å². The second kappa shape index (κ2) is 4.62. The number of epoxide rings is 1. The van der Waals surface area contributed by atoms with Crippen LogP contribution in [0.4, 0.5) is 17.6 Å². The van der Waals surface area contributed by atoms with E-state index in [1.165, 1.54) is 0 Å². The second-order valence-corrected chi connectivity index (χ2v) is 3.76. The van der Waals surface area contributed by atoms with Crippen LogP contribution in [-0.2, 0) is 9.47 Å². The quantitative estimate of drug-likeness (QED) is 0.605. The number of alkyl halides is 3. The van der Waals surface area contributed by atoms with Gasteiger partial charge in [-0.2, -0.15) is 13.2 Å². The molecule has 0 aliphatic carbocycles. The van der Waals surface area contributed by atoms with Crippen LogP contribution in [0, 0.1) is 5.82 Å². The van der Waals surface area contributed by atoms with E-state index in [0.717, 1.165) is 24.3 Å².